The molecule has 0 saturated heterocycles. The van der Waals surface area contributed by atoms with Crippen LogP contribution < -0.4 is 4.74 Å². The minimum Gasteiger partial charge on any atom is -0.457 e. The molecule has 4 aromatic rings. The van der Waals surface area contributed by atoms with Gasteiger partial charge in [-0.3, -0.25) is 4.98 Å². The van der Waals surface area contributed by atoms with Gasteiger partial charge in [0.15, 0.2) is 18.2 Å². The monoisotopic (exact) mass is 581 g/mol. The number of rotatable bonds is 9. The summed E-state index contributed by atoms with van der Waals surface area (Å²) >= 11 is 6.40. The molecule has 5 nitrogen and oxygen atoms in total. The van der Waals surface area contributed by atoms with Crippen LogP contribution >= 0.6 is 11.6 Å². The molecule has 0 unspecified atom stereocenters. The van der Waals surface area contributed by atoms with Gasteiger partial charge in [0.05, 0.1) is 21.2 Å². The molecule has 0 atom stereocenters. The minimum atomic E-state index is -3.48. The fraction of sp³-hybridized carbons (Fsp3) is 0.323. The number of pyridine rings is 1. The molecule has 0 bridgehead atoms. The SMILES string of the molecule is Cc1cnc2c(Cl)cccc2c1-c1cccc(Oc2cccc(S(=O)(=O)CCCO[Si](C)(C)C(C)(C)C)c2)c1. The smallest absolute Gasteiger partial charge is 0.191 e. The van der Waals surface area contributed by atoms with Gasteiger partial charge in [0, 0.05) is 18.2 Å². The molecule has 0 saturated carbocycles. The van der Waals surface area contributed by atoms with E-state index in [1.807, 2.05) is 55.6 Å². The number of nitrogens with zero attached hydrogens (tertiary/aromatic N) is 1. The van der Waals surface area contributed by atoms with E-state index in [1.165, 1.54) is 0 Å². The molecule has 1 heterocycles. The van der Waals surface area contributed by atoms with Crippen LogP contribution in [0, 0.1) is 6.92 Å². The maximum atomic E-state index is 13.1. The highest BCUT2D eigenvalue weighted by Crippen LogP contribution is 2.37. The number of ether oxygens (including phenoxy) is 1. The van der Waals surface area contributed by atoms with Gasteiger partial charge in [0.2, 0.25) is 0 Å². The van der Waals surface area contributed by atoms with Crippen LogP contribution in [0.3, 0.4) is 0 Å². The highest BCUT2D eigenvalue weighted by Gasteiger charge is 2.37. The van der Waals surface area contributed by atoms with Crippen LogP contribution in [0.25, 0.3) is 22.0 Å². The number of aromatic nitrogens is 1. The summed E-state index contributed by atoms with van der Waals surface area (Å²) in [6.45, 7) is 13.3. The van der Waals surface area contributed by atoms with Crippen LogP contribution in [0.1, 0.15) is 32.8 Å². The number of hydrogen-bond acceptors (Lipinski definition) is 5. The Kier molecular flexibility index (Phi) is 8.57. The van der Waals surface area contributed by atoms with Crippen molar-refractivity contribution in [3.63, 3.8) is 0 Å². The first kappa shape index (κ1) is 29.3. The molecular formula is C31H36ClNO4SSi. The molecule has 3 aromatic carbocycles. The largest absolute Gasteiger partial charge is 0.457 e. The maximum absolute atomic E-state index is 13.1. The van der Waals surface area contributed by atoms with Crippen molar-refractivity contribution in [1.29, 1.82) is 0 Å². The summed E-state index contributed by atoms with van der Waals surface area (Å²) in [5, 5.41) is 1.65. The van der Waals surface area contributed by atoms with E-state index in [2.05, 4.69) is 38.8 Å². The van der Waals surface area contributed by atoms with Gasteiger partial charge >= 0.3 is 0 Å². The predicted molar refractivity (Wildman–Crippen MR) is 163 cm³/mol. The molecule has 4 rings (SSSR count). The fourth-order valence-corrected chi connectivity index (χ4v) is 6.79. The highest BCUT2D eigenvalue weighted by atomic mass is 35.5. The zero-order chi connectivity index (χ0) is 28.4. The van der Waals surface area contributed by atoms with Gasteiger partial charge in [-0.1, -0.05) is 62.7 Å². The summed E-state index contributed by atoms with van der Waals surface area (Å²) < 4.78 is 38.4. The lowest BCUT2D eigenvalue weighted by Gasteiger charge is -2.36. The first-order valence-corrected chi connectivity index (χ1v) is 18.0. The quantitative estimate of drug-likeness (QED) is 0.146. The second kappa shape index (κ2) is 11.4. The van der Waals surface area contributed by atoms with Crippen LogP contribution in [-0.2, 0) is 14.3 Å². The van der Waals surface area contributed by atoms with Crippen molar-refractivity contribution in [3.05, 3.63) is 83.5 Å². The van der Waals surface area contributed by atoms with Gasteiger partial charge in [0.25, 0.3) is 0 Å². The second-order valence-corrected chi connectivity index (χ2v) is 18.7. The van der Waals surface area contributed by atoms with Crippen molar-refractivity contribution in [2.24, 2.45) is 0 Å². The van der Waals surface area contributed by atoms with Gasteiger partial charge in [-0.2, -0.15) is 0 Å². The van der Waals surface area contributed by atoms with Crippen LogP contribution in [0.5, 0.6) is 11.5 Å². The van der Waals surface area contributed by atoms with Crippen LogP contribution in [0.2, 0.25) is 23.2 Å². The van der Waals surface area contributed by atoms with Gasteiger partial charge in [-0.25, -0.2) is 8.42 Å². The van der Waals surface area contributed by atoms with Crippen molar-refractivity contribution in [3.8, 4) is 22.6 Å². The molecular weight excluding hydrogens is 546 g/mol. The number of para-hydroxylation sites is 1. The zero-order valence-electron chi connectivity index (χ0n) is 23.4. The van der Waals surface area contributed by atoms with Crippen molar-refractivity contribution in [2.45, 2.75) is 57.1 Å². The van der Waals surface area contributed by atoms with Crippen LogP contribution in [0.15, 0.2) is 77.8 Å². The maximum Gasteiger partial charge on any atom is 0.191 e. The third kappa shape index (κ3) is 6.72. The van der Waals surface area contributed by atoms with Gasteiger partial charge < -0.3 is 9.16 Å². The third-order valence-electron chi connectivity index (χ3n) is 7.39. The van der Waals surface area contributed by atoms with E-state index in [4.69, 9.17) is 20.8 Å². The zero-order valence-corrected chi connectivity index (χ0v) is 26.0. The van der Waals surface area contributed by atoms with Crippen molar-refractivity contribution >= 4 is 40.7 Å². The lowest BCUT2D eigenvalue weighted by atomic mass is 9.97. The molecule has 0 radical (unpaired) electrons. The summed E-state index contributed by atoms with van der Waals surface area (Å²) in [7, 11) is -5.39. The topological polar surface area (TPSA) is 65.5 Å². The Bertz CT molecular complexity index is 1600. The normalized spacial score (nSPS) is 12.6. The predicted octanol–water partition coefficient (Wildman–Crippen LogP) is 8.84. The molecule has 0 spiro atoms. The van der Waals surface area contributed by atoms with Crippen molar-refractivity contribution < 1.29 is 17.6 Å². The van der Waals surface area contributed by atoms with E-state index >= 15 is 0 Å². The second-order valence-electron chi connectivity index (χ2n) is 11.3. The number of halogens is 1. The fourth-order valence-electron chi connectivity index (χ4n) is 4.16. The lowest BCUT2D eigenvalue weighted by molar-refractivity contribution is 0.288. The first-order chi connectivity index (χ1) is 18.3. The number of benzene rings is 3. The Balaban J connectivity index is 1.51. The standard InChI is InChI=1S/C31H36ClNO4SSi/c1-22-21-33-30-27(15-9-16-28(30)32)29(22)23-11-7-12-24(19-23)37-25-13-8-14-26(20-25)38(34,35)18-10-17-36-39(5,6)31(2,3)4/h7-9,11-16,19-21H,10,17-18H2,1-6H3. The van der Waals surface area contributed by atoms with Gasteiger partial charge in [-0.15, -0.1) is 0 Å². The summed E-state index contributed by atoms with van der Waals surface area (Å²) in [5.41, 5.74) is 3.76. The van der Waals surface area contributed by atoms with E-state index < -0.39 is 18.2 Å². The Morgan fingerprint density at radius 2 is 1.62 bits per heavy atom. The summed E-state index contributed by atoms with van der Waals surface area (Å²) in [5.74, 6) is 1.10. The Morgan fingerprint density at radius 3 is 2.33 bits per heavy atom. The van der Waals surface area contributed by atoms with Crippen molar-refractivity contribution in [1.82, 2.24) is 4.98 Å². The average Bonchev–Trinajstić information content (AvgIpc) is 2.86. The van der Waals surface area contributed by atoms with Crippen LogP contribution in [0.4, 0.5) is 0 Å². The Labute approximate surface area is 238 Å². The van der Waals surface area contributed by atoms with Gasteiger partial charge in [-0.05, 0) is 84.6 Å². The van der Waals surface area contributed by atoms with E-state index in [1.54, 1.807) is 24.3 Å². The molecule has 0 aliphatic carbocycles. The van der Waals surface area contributed by atoms with Gasteiger partial charge in [0.1, 0.15) is 11.5 Å². The number of sulfone groups is 1. The van der Waals surface area contributed by atoms with Crippen LogP contribution in [-0.4, -0.2) is 34.1 Å². The average molecular weight is 582 g/mol. The Morgan fingerprint density at radius 1 is 0.949 bits per heavy atom. The molecule has 0 fully saturated rings. The van der Waals surface area contributed by atoms with E-state index in [9.17, 15) is 8.42 Å². The van der Waals surface area contributed by atoms with E-state index in [0.29, 0.717) is 29.5 Å². The molecule has 206 valence electrons. The molecule has 0 amide bonds. The molecule has 1 aromatic heterocycles. The third-order valence-corrected chi connectivity index (χ3v) is 14.0. The molecule has 0 aliphatic rings. The summed E-state index contributed by atoms with van der Waals surface area (Å²) in [6.07, 6.45) is 2.27. The van der Waals surface area contributed by atoms with E-state index in [-0.39, 0.29) is 15.7 Å². The molecule has 39 heavy (non-hydrogen) atoms. The number of hydrogen-bond donors (Lipinski definition) is 0. The van der Waals surface area contributed by atoms with Crippen molar-refractivity contribution in [2.75, 3.05) is 12.4 Å². The number of fused-ring (bicyclic) bond motifs is 1. The lowest BCUT2D eigenvalue weighted by Crippen LogP contribution is -2.41. The molecule has 8 heteroatoms. The Hall–Kier alpha value is -2.71. The van der Waals surface area contributed by atoms with E-state index in [0.717, 1.165) is 27.6 Å². The summed E-state index contributed by atoms with van der Waals surface area (Å²) in [6, 6.07) is 20.2. The highest BCUT2D eigenvalue weighted by molar-refractivity contribution is 7.91. The summed E-state index contributed by atoms with van der Waals surface area (Å²) in [4.78, 5) is 4.76. The molecule has 0 N–H and O–H groups in total. The minimum absolute atomic E-state index is 0.0253. The number of aryl methyl sites for hydroxylation is 1. The molecule has 0 aliphatic heterocycles. The first-order valence-electron chi connectivity index (χ1n) is 13.1.